The van der Waals surface area contributed by atoms with Gasteiger partial charge < -0.3 is 19.7 Å². The first-order valence-corrected chi connectivity index (χ1v) is 12.4. The van der Waals surface area contributed by atoms with Gasteiger partial charge in [-0.1, -0.05) is 30.7 Å². The third-order valence-electron chi connectivity index (χ3n) is 7.73. The van der Waals surface area contributed by atoms with Crippen molar-refractivity contribution in [3.63, 3.8) is 0 Å². The molecular weight excluding hydrogens is 489 g/mol. The highest BCUT2D eigenvalue weighted by Crippen LogP contribution is 2.51. The number of halogens is 2. The Morgan fingerprint density at radius 2 is 1.86 bits per heavy atom. The molecule has 0 saturated carbocycles. The summed E-state index contributed by atoms with van der Waals surface area (Å²) in [4.78, 5) is 27.3. The Hall–Kier alpha value is -2.52. The lowest BCUT2D eigenvalue weighted by Gasteiger charge is -2.45. The Morgan fingerprint density at radius 1 is 1.25 bits per heavy atom. The summed E-state index contributed by atoms with van der Waals surface area (Å²) < 4.78 is 27.5. The fraction of sp³-hybridized carbons (Fsp3) is 0.481. The lowest BCUT2D eigenvalue weighted by atomic mass is 9.74. The predicted octanol–water partition coefficient (Wildman–Crippen LogP) is 4.67. The van der Waals surface area contributed by atoms with Crippen LogP contribution in [0.2, 0.25) is 5.02 Å². The molecule has 2 aromatic carbocycles. The summed E-state index contributed by atoms with van der Waals surface area (Å²) in [5.74, 6) is -2.94. The molecule has 0 bridgehead atoms. The van der Waals surface area contributed by atoms with Crippen LogP contribution in [0.4, 0.5) is 4.39 Å². The first kappa shape index (κ1) is 26.5. The molecule has 9 heteroatoms. The van der Waals surface area contributed by atoms with Crippen molar-refractivity contribution in [1.29, 1.82) is 0 Å². The van der Waals surface area contributed by atoms with Crippen LogP contribution in [0.15, 0.2) is 36.4 Å². The van der Waals surface area contributed by atoms with Crippen LogP contribution in [-0.2, 0) is 25.6 Å². The molecule has 0 spiro atoms. The Labute approximate surface area is 214 Å². The maximum Gasteiger partial charge on any atom is 0.329 e. The largest absolute Gasteiger partial charge is 0.480 e. The molecule has 2 atom stereocenters. The van der Waals surface area contributed by atoms with Crippen LogP contribution >= 0.6 is 11.6 Å². The lowest BCUT2D eigenvalue weighted by molar-refractivity contribution is -0.165. The first-order valence-electron chi connectivity index (χ1n) is 12.0. The second kappa shape index (κ2) is 9.41. The molecule has 4 rings (SSSR count). The Bertz CT molecular complexity index is 1180. The number of fused-ring (bicyclic) bond motifs is 1. The molecule has 1 amide bonds. The third kappa shape index (κ3) is 3.82. The van der Waals surface area contributed by atoms with Gasteiger partial charge in [-0.3, -0.25) is 9.69 Å². The van der Waals surface area contributed by atoms with E-state index in [1.54, 1.807) is 24.3 Å². The zero-order chi connectivity index (χ0) is 26.5. The SMILES string of the molecule is CC[C@@](O)(c1cc(F)c2c(c1)C(=O)N(C(C)(C)C(=O)O)C2(OC)c1ccc(Cl)cc1)C1CCOCC1. The van der Waals surface area contributed by atoms with E-state index < -0.39 is 34.6 Å². The number of carbonyl (C=O) groups excluding carboxylic acids is 1. The number of aliphatic carboxylic acids is 1. The minimum atomic E-state index is -1.87. The van der Waals surface area contributed by atoms with Gasteiger partial charge in [-0.2, -0.15) is 0 Å². The van der Waals surface area contributed by atoms with Crippen LogP contribution in [-0.4, -0.2) is 52.9 Å². The normalized spacial score (nSPS) is 22.4. The average Bonchev–Trinajstić information content (AvgIpc) is 3.14. The van der Waals surface area contributed by atoms with Gasteiger partial charge in [-0.15, -0.1) is 0 Å². The molecule has 194 valence electrons. The second-order valence-electron chi connectivity index (χ2n) is 9.90. The zero-order valence-electron chi connectivity index (χ0n) is 20.8. The van der Waals surface area contributed by atoms with Crippen molar-refractivity contribution in [2.75, 3.05) is 20.3 Å². The van der Waals surface area contributed by atoms with E-state index in [0.29, 0.717) is 43.1 Å². The summed E-state index contributed by atoms with van der Waals surface area (Å²) in [7, 11) is 1.31. The van der Waals surface area contributed by atoms with E-state index >= 15 is 4.39 Å². The van der Waals surface area contributed by atoms with Gasteiger partial charge in [0, 0.05) is 30.9 Å². The molecule has 1 unspecified atom stereocenters. The molecule has 1 saturated heterocycles. The minimum absolute atomic E-state index is 0.0462. The van der Waals surface area contributed by atoms with Crippen LogP contribution in [0.5, 0.6) is 0 Å². The maximum absolute atomic E-state index is 16.2. The standard InChI is InChI=1S/C27H31ClFNO6/c1-5-26(34,16-10-12-36-13-11-16)18-14-20-22(21(29)15-18)27(35-4,17-6-8-19(28)9-7-17)30(23(20)31)25(2,3)24(32)33/h6-9,14-16,34H,5,10-13H2,1-4H3,(H,32,33)/t26-,27?/m0/s1. The number of amides is 1. The summed E-state index contributed by atoms with van der Waals surface area (Å²) in [5, 5.41) is 22.2. The number of aliphatic hydroxyl groups is 1. The number of carboxylic acid groups (broad SMARTS) is 1. The third-order valence-corrected chi connectivity index (χ3v) is 7.98. The zero-order valence-corrected chi connectivity index (χ0v) is 21.6. The van der Waals surface area contributed by atoms with Crippen molar-refractivity contribution in [2.24, 2.45) is 5.92 Å². The van der Waals surface area contributed by atoms with Gasteiger partial charge in [0.05, 0.1) is 16.7 Å². The number of methoxy groups -OCH3 is 1. The number of hydrogen-bond acceptors (Lipinski definition) is 5. The van der Waals surface area contributed by atoms with Crippen LogP contribution in [0, 0.1) is 11.7 Å². The summed E-state index contributed by atoms with van der Waals surface area (Å²) in [5.41, 5.74) is -4.55. The molecule has 2 heterocycles. The minimum Gasteiger partial charge on any atom is -0.480 e. The van der Waals surface area contributed by atoms with Gasteiger partial charge in [-0.25, -0.2) is 9.18 Å². The van der Waals surface area contributed by atoms with Crippen molar-refractivity contribution in [3.05, 3.63) is 69.5 Å². The number of rotatable bonds is 7. The van der Waals surface area contributed by atoms with Crippen molar-refractivity contribution in [1.82, 2.24) is 4.90 Å². The van der Waals surface area contributed by atoms with Gasteiger partial charge in [0.2, 0.25) is 5.72 Å². The van der Waals surface area contributed by atoms with Crippen LogP contribution in [0.1, 0.15) is 67.1 Å². The number of carboxylic acids is 1. The molecule has 1 fully saturated rings. The fourth-order valence-electron chi connectivity index (χ4n) is 5.65. The van der Waals surface area contributed by atoms with E-state index in [2.05, 4.69) is 0 Å². The van der Waals surface area contributed by atoms with Crippen molar-refractivity contribution in [3.8, 4) is 0 Å². The topological polar surface area (TPSA) is 96.3 Å². The predicted molar refractivity (Wildman–Crippen MR) is 131 cm³/mol. The second-order valence-corrected chi connectivity index (χ2v) is 10.3. The molecule has 0 radical (unpaired) electrons. The number of carbonyl (C=O) groups is 2. The molecule has 0 aromatic heterocycles. The van der Waals surface area contributed by atoms with Crippen molar-refractivity contribution in [2.45, 2.75) is 56.9 Å². The van der Waals surface area contributed by atoms with Crippen molar-refractivity contribution < 1.29 is 33.7 Å². The van der Waals surface area contributed by atoms with E-state index in [9.17, 15) is 19.8 Å². The molecule has 0 aliphatic carbocycles. The first-order chi connectivity index (χ1) is 16.9. The highest BCUT2D eigenvalue weighted by Gasteiger charge is 2.60. The summed E-state index contributed by atoms with van der Waals surface area (Å²) in [6.07, 6.45) is 1.50. The highest BCUT2D eigenvalue weighted by atomic mass is 35.5. The van der Waals surface area contributed by atoms with Crippen molar-refractivity contribution >= 4 is 23.5 Å². The Kier molecular flexibility index (Phi) is 6.94. The molecular formula is C27H31ClFNO6. The summed E-state index contributed by atoms with van der Waals surface area (Å²) in [6.45, 7) is 5.53. The van der Waals surface area contributed by atoms with Gasteiger partial charge in [-0.05, 0) is 68.9 Å². The van der Waals surface area contributed by atoms with Crippen LogP contribution in [0.25, 0.3) is 0 Å². The van der Waals surface area contributed by atoms with E-state index in [1.807, 2.05) is 6.92 Å². The quantitative estimate of drug-likeness (QED) is 0.552. The van der Waals surface area contributed by atoms with Gasteiger partial charge >= 0.3 is 5.97 Å². The average molecular weight is 520 g/mol. The molecule has 36 heavy (non-hydrogen) atoms. The van der Waals surface area contributed by atoms with Crippen LogP contribution < -0.4 is 0 Å². The molecule has 2 N–H and O–H groups in total. The van der Waals surface area contributed by atoms with Gasteiger partial charge in [0.25, 0.3) is 5.91 Å². The molecule has 2 aliphatic rings. The number of hydrogen-bond donors (Lipinski definition) is 2. The highest BCUT2D eigenvalue weighted by molar-refractivity contribution is 6.30. The van der Waals surface area contributed by atoms with Gasteiger partial charge in [0.1, 0.15) is 11.4 Å². The van der Waals surface area contributed by atoms with Crippen LogP contribution in [0.3, 0.4) is 0 Å². The Balaban J connectivity index is 2.00. The number of benzene rings is 2. The van der Waals surface area contributed by atoms with E-state index in [4.69, 9.17) is 21.1 Å². The molecule has 2 aliphatic heterocycles. The number of nitrogens with zero attached hydrogens (tertiary/aromatic N) is 1. The lowest BCUT2D eigenvalue weighted by Crippen LogP contribution is -2.60. The summed E-state index contributed by atoms with van der Waals surface area (Å²) >= 11 is 6.08. The van der Waals surface area contributed by atoms with E-state index in [-0.39, 0.29) is 22.6 Å². The molecule has 2 aromatic rings. The number of ether oxygens (including phenoxy) is 2. The summed E-state index contributed by atoms with van der Waals surface area (Å²) in [6, 6.07) is 9.03. The fourth-order valence-corrected chi connectivity index (χ4v) is 5.78. The van der Waals surface area contributed by atoms with E-state index in [0.717, 1.165) is 4.90 Å². The van der Waals surface area contributed by atoms with Gasteiger partial charge in [0.15, 0.2) is 0 Å². The van der Waals surface area contributed by atoms with E-state index in [1.165, 1.54) is 33.1 Å². The smallest absolute Gasteiger partial charge is 0.329 e. The molecule has 7 nitrogen and oxygen atoms in total. The monoisotopic (exact) mass is 519 g/mol. The maximum atomic E-state index is 16.2. The Morgan fingerprint density at radius 3 is 2.39 bits per heavy atom.